The van der Waals surface area contributed by atoms with Gasteiger partial charge in [-0.2, -0.15) is 14.9 Å². The molecule has 196 valence electrons. The maximum absolute atomic E-state index is 12.1. The second kappa shape index (κ2) is 13.0. The molecule has 1 aliphatic heterocycles. The number of nitriles is 1. The Kier molecular flexibility index (Phi) is 9.45. The number of carbonyl (C=O) groups excluding carboxylic acids is 1. The fourth-order valence-electron chi connectivity index (χ4n) is 4.56. The number of nitrogens with zero attached hydrogens (tertiary/aromatic N) is 6. The van der Waals surface area contributed by atoms with Crippen LogP contribution >= 0.6 is 23.2 Å². The third-order valence-electron chi connectivity index (χ3n) is 6.45. The number of aromatic nitrogens is 3. The minimum absolute atomic E-state index is 0.0448. The van der Waals surface area contributed by atoms with Crippen LogP contribution in [-0.4, -0.2) is 70.0 Å². The van der Waals surface area contributed by atoms with E-state index >= 15 is 0 Å². The molecule has 3 aromatic rings. The highest BCUT2D eigenvalue weighted by Crippen LogP contribution is 2.25. The molecule has 1 aromatic carbocycles. The van der Waals surface area contributed by atoms with Gasteiger partial charge in [0, 0.05) is 48.8 Å². The predicted octanol–water partition coefficient (Wildman–Crippen LogP) is 4.40. The molecule has 1 fully saturated rings. The van der Waals surface area contributed by atoms with Gasteiger partial charge in [-0.1, -0.05) is 0 Å². The molecule has 1 saturated heterocycles. The molecule has 9 nitrogen and oxygen atoms in total. The van der Waals surface area contributed by atoms with Crippen molar-refractivity contribution < 1.29 is 9.53 Å². The molecule has 11 heteroatoms. The van der Waals surface area contributed by atoms with Crippen LogP contribution in [0.3, 0.4) is 0 Å². The van der Waals surface area contributed by atoms with Gasteiger partial charge >= 0.3 is 5.97 Å². The van der Waals surface area contributed by atoms with Crippen LogP contribution in [0.4, 0.5) is 17.2 Å². The Morgan fingerprint density at radius 1 is 1.22 bits per heavy atom. The molecule has 3 heterocycles. The summed E-state index contributed by atoms with van der Waals surface area (Å²) >= 11 is 11.9. The number of piperidine rings is 1. The van der Waals surface area contributed by atoms with Gasteiger partial charge in [0.2, 0.25) is 0 Å². The number of hydrogen-bond donors (Lipinski definition) is 1. The summed E-state index contributed by atoms with van der Waals surface area (Å²) in [6.07, 6.45) is 3.06. The first-order chi connectivity index (χ1) is 18.1. The average molecular weight is 544 g/mol. The maximum atomic E-state index is 12.1. The Hall–Kier alpha value is -3.06. The summed E-state index contributed by atoms with van der Waals surface area (Å²) in [6, 6.07) is 12.2. The van der Waals surface area contributed by atoms with E-state index in [0.29, 0.717) is 41.9 Å². The molecule has 0 bridgehead atoms. The first-order valence-electron chi connectivity index (χ1n) is 12.5. The summed E-state index contributed by atoms with van der Waals surface area (Å²) < 4.78 is 6.83. The van der Waals surface area contributed by atoms with Crippen LogP contribution in [0.2, 0.25) is 0 Å². The number of halogens is 2. The van der Waals surface area contributed by atoms with E-state index < -0.39 is 0 Å². The van der Waals surface area contributed by atoms with Crippen LogP contribution < -0.4 is 10.2 Å². The molecule has 0 unspecified atom stereocenters. The van der Waals surface area contributed by atoms with Crippen LogP contribution in [0, 0.1) is 17.2 Å². The van der Waals surface area contributed by atoms with Gasteiger partial charge in [-0.3, -0.25) is 9.69 Å². The van der Waals surface area contributed by atoms with Gasteiger partial charge in [0.05, 0.1) is 24.4 Å². The normalized spacial score (nSPS) is 14.4. The Balaban J connectivity index is 1.52. The minimum atomic E-state index is -0.106. The Morgan fingerprint density at radius 2 is 1.92 bits per heavy atom. The molecule has 0 aliphatic carbocycles. The average Bonchev–Trinajstić information content (AvgIpc) is 3.33. The first-order valence-corrected chi connectivity index (χ1v) is 13.5. The van der Waals surface area contributed by atoms with Gasteiger partial charge in [-0.15, -0.1) is 23.2 Å². The zero-order valence-corrected chi connectivity index (χ0v) is 22.4. The minimum Gasteiger partial charge on any atom is -0.466 e. The van der Waals surface area contributed by atoms with Gasteiger partial charge in [0.15, 0.2) is 5.65 Å². The fourth-order valence-corrected chi connectivity index (χ4v) is 4.96. The number of ether oxygens (including phenoxy) is 1. The smallest absolute Gasteiger partial charge is 0.309 e. The van der Waals surface area contributed by atoms with E-state index in [0.717, 1.165) is 56.1 Å². The molecule has 37 heavy (non-hydrogen) atoms. The second-order valence-electron chi connectivity index (χ2n) is 8.88. The van der Waals surface area contributed by atoms with Crippen molar-refractivity contribution in [2.24, 2.45) is 5.92 Å². The van der Waals surface area contributed by atoms with E-state index in [-0.39, 0.29) is 11.9 Å². The van der Waals surface area contributed by atoms with Gasteiger partial charge < -0.3 is 15.0 Å². The van der Waals surface area contributed by atoms with Crippen molar-refractivity contribution in [3.8, 4) is 6.07 Å². The summed E-state index contributed by atoms with van der Waals surface area (Å²) in [4.78, 5) is 21.2. The third-order valence-corrected chi connectivity index (χ3v) is 6.79. The van der Waals surface area contributed by atoms with Crippen molar-refractivity contribution in [1.29, 1.82) is 5.26 Å². The largest absolute Gasteiger partial charge is 0.466 e. The van der Waals surface area contributed by atoms with E-state index in [1.807, 2.05) is 37.3 Å². The van der Waals surface area contributed by atoms with Crippen LogP contribution in [0.5, 0.6) is 0 Å². The number of benzene rings is 1. The number of anilines is 3. The summed E-state index contributed by atoms with van der Waals surface area (Å²) in [7, 11) is 0. The lowest BCUT2D eigenvalue weighted by molar-refractivity contribution is -0.149. The van der Waals surface area contributed by atoms with Gasteiger partial charge in [0.1, 0.15) is 17.5 Å². The van der Waals surface area contributed by atoms with E-state index in [9.17, 15) is 10.1 Å². The number of hydrogen-bond acceptors (Lipinski definition) is 8. The Labute approximate surface area is 226 Å². The Morgan fingerprint density at radius 3 is 2.54 bits per heavy atom. The lowest BCUT2D eigenvalue weighted by atomic mass is 9.97. The highest BCUT2D eigenvalue weighted by molar-refractivity contribution is 6.18. The van der Waals surface area contributed by atoms with E-state index in [1.165, 1.54) is 6.20 Å². The summed E-state index contributed by atoms with van der Waals surface area (Å²) in [5.41, 5.74) is 3.68. The van der Waals surface area contributed by atoms with Gasteiger partial charge in [-0.05, 0) is 57.1 Å². The number of likely N-dealkylation sites (tertiary alicyclic amines) is 1. The number of carbonyl (C=O) groups is 1. The topological polar surface area (TPSA) is 98.8 Å². The lowest BCUT2D eigenvalue weighted by Crippen LogP contribution is -2.36. The Bertz CT molecular complexity index is 1230. The number of nitrogens with one attached hydrogen (secondary N) is 1. The molecule has 1 N–H and O–H groups in total. The molecular weight excluding hydrogens is 513 g/mol. The van der Waals surface area contributed by atoms with Crippen LogP contribution in [0.25, 0.3) is 5.65 Å². The van der Waals surface area contributed by atoms with Crippen molar-refractivity contribution in [2.45, 2.75) is 26.3 Å². The predicted molar refractivity (Wildman–Crippen MR) is 146 cm³/mol. The van der Waals surface area contributed by atoms with Crippen molar-refractivity contribution in [3.05, 3.63) is 47.8 Å². The third kappa shape index (κ3) is 6.63. The molecule has 0 amide bonds. The highest BCUT2D eigenvalue weighted by Gasteiger charge is 2.26. The monoisotopic (exact) mass is 543 g/mol. The van der Waals surface area contributed by atoms with Gasteiger partial charge in [0.25, 0.3) is 0 Å². The zero-order valence-electron chi connectivity index (χ0n) is 20.9. The van der Waals surface area contributed by atoms with Crippen LogP contribution in [0.15, 0.2) is 36.5 Å². The molecule has 0 spiro atoms. The summed E-state index contributed by atoms with van der Waals surface area (Å²) in [5.74, 6) is 1.61. The fraction of sp³-hybridized carbons (Fsp3) is 0.462. The van der Waals surface area contributed by atoms with Crippen LogP contribution in [-0.2, 0) is 16.1 Å². The number of esters is 1. The first kappa shape index (κ1) is 27.0. The summed E-state index contributed by atoms with van der Waals surface area (Å²) in [5, 5.41) is 17.4. The lowest BCUT2D eigenvalue weighted by Gasteiger charge is -2.30. The molecular formula is C26H31Cl2N7O2. The number of fused-ring (bicyclic) bond motifs is 1. The van der Waals surface area contributed by atoms with Crippen molar-refractivity contribution in [3.63, 3.8) is 0 Å². The van der Waals surface area contributed by atoms with E-state index in [4.69, 9.17) is 32.9 Å². The molecule has 1 aliphatic rings. The SMILES string of the molecule is CCOC(=O)C1CCN(Cc2cc(Nc3ccc(N(CCCl)CCCl)cc3)n3ncc(C#N)c3n2)CC1. The molecule has 0 atom stereocenters. The second-order valence-corrected chi connectivity index (χ2v) is 9.63. The van der Waals surface area contributed by atoms with E-state index in [1.54, 1.807) is 4.52 Å². The van der Waals surface area contributed by atoms with Crippen LogP contribution in [0.1, 0.15) is 31.0 Å². The van der Waals surface area contributed by atoms with E-state index in [2.05, 4.69) is 26.3 Å². The number of alkyl halides is 2. The van der Waals surface area contributed by atoms with Crippen molar-refractivity contribution in [1.82, 2.24) is 19.5 Å². The number of rotatable bonds is 11. The zero-order chi connectivity index (χ0) is 26.2. The van der Waals surface area contributed by atoms with Crippen molar-refractivity contribution >= 4 is 52.0 Å². The highest BCUT2D eigenvalue weighted by atomic mass is 35.5. The molecule has 4 rings (SSSR count). The summed E-state index contributed by atoms with van der Waals surface area (Å²) in [6.45, 7) is 5.86. The van der Waals surface area contributed by atoms with Gasteiger partial charge in [-0.25, -0.2) is 4.98 Å². The molecule has 2 aromatic heterocycles. The standard InChI is InChI=1S/C26H31Cl2N7O2/c1-2-37-26(36)19-7-11-33(12-8-19)18-22-15-24(35-25(32-22)20(16-29)17-30-35)31-21-3-5-23(6-4-21)34(13-9-27)14-10-28/h3-6,15,17,19,31H,2,7-14,18H2,1H3. The molecule has 0 radical (unpaired) electrons. The maximum Gasteiger partial charge on any atom is 0.309 e. The van der Waals surface area contributed by atoms with Crippen molar-refractivity contribution in [2.75, 3.05) is 54.8 Å². The quantitative estimate of drug-likeness (QED) is 0.280. The molecule has 0 saturated carbocycles.